The first-order chi connectivity index (χ1) is 7.90. The Bertz CT molecular complexity index is 352. The van der Waals surface area contributed by atoms with Crippen molar-refractivity contribution in [3.05, 3.63) is 47.5 Å². The molecule has 1 aromatic carbocycles. The molecule has 1 aliphatic carbocycles. The first-order valence-corrected chi connectivity index (χ1v) is 5.84. The molecule has 0 spiro atoms. The van der Waals surface area contributed by atoms with E-state index in [4.69, 9.17) is 4.74 Å². The molecular formula is C14H19NO. The zero-order valence-electron chi connectivity index (χ0n) is 9.78. The highest BCUT2D eigenvalue weighted by Gasteiger charge is 2.09. The zero-order valence-corrected chi connectivity index (χ0v) is 9.78. The Morgan fingerprint density at radius 1 is 1.19 bits per heavy atom. The van der Waals surface area contributed by atoms with Crippen LogP contribution in [0.2, 0.25) is 0 Å². The van der Waals surface area contributed by atoms with Gasteiger partial charge in [-0.1, -0.05) is 36.4 Å². The van der Waals surface area contributed by atoms with Gasteiger partial charge in [-0.25, -0.2) is 0 Å². The molecule has 0 saturated heterocycles. The van der Waals surface area contributed by atoms with Gasteiger partial charge in [0.2, 0.25) is 0 Å². The van der Waals surface area contributed by atoms with Gasteiger partial charge in [-0.2, -0.15) is 0 Å². The smallest absolute Gasteiger partial charge is 0.0716 e. The van der Waals surface area contributed by atoms with Crippen LogP contribution < -0.4 is 5.32 Å². The van der Waals surface area contributed by atoms with Gasteiger partial charge in [0, 0.05) is 19.7 Å². The molecule has 2 nitrogen and oxygen atoms in total. The molecule has 86 valence electrons. The van der Waals surface area contributed by atoms with Gasteiger partial charge in [-0.3, -0.25) is 0 Å². The fourth-order valence-corrected chi connectivity index (χ4v) is 2.06. The van der Waals surface area contributed by atoms with Gasteiger partial charge < -0.3 is 10.1 Å². The summed E-state index contributed by atoms with van der Waals surface area (Å²) in [7, 11) is 1.74. The standard InChI is InChI=1S/C14H19NO/c1-16-11-13-7-3-2-6-12(13)10-15-14-8-4-5-9-14/h2-7,14-15H,8-11H2,1H3. The number of hydrogen-bond acceptors (Lipinski definition) is 2. The number of benzene rings is 1. The molecule has 0 heterocycles. The van der Waals surface area contributed by atoms with E-state index < -0.39 is 0 Å². The van der Waals surface area contributed by atoms with E-state index >= 15 is 0 Å². The van der Waals surface area contributed by atoms with Gasteiger partial charge in [-0.05, 0) is 24.0 Å². The van der Waals surface area contributed by atoms with Crippen molar-refractivity contribution >= 4 is 0 Å². The third-order valence-corrected chi connectivity index (χ3v) is 3.01. The maximum absolute atomic E-state index is 5.20. The van der Waals surface area contributed by atoms with Gasteiger partial charge in [-0.15, -0.1) is 0 Å². The van der Waals surface area contributed by atoms with E-state index in [0.717, 1.165) is 19.4 Å². The SMILES string of the molecule is COCc1ccccc1CNC1CC=CC1. The van der Waals surface area contributed by atoms with Crippen molar-refractivity contribution in [2.24, 2.45) is 0 Å². The van der Waals surface area contributed by atoms with Crippen LogP contribution in [0.5, 0.6) is 0 Å². The monoisotopic (exact) mass is 217 g/mol. The van der Waals surface area contributed by atoms with Crippen molar-refractivity contribution in [2.45, 2.75) is 32.0 Å². The van der Waals surface area contributed by atoms with Crippen molar-refractivity contribution in [3.63, 3.8) is 0 Å². The Hall–Kier alpha value is -1.12. The van der Waals surface area contributed by atoms with Crippen molar-refractivity contribution in [2.75, 3.05) is 7.11 Å². The summed E-state index contributed by atoms with van der Waals surface area (Å²) in [4.78, 5) is 0. The van der Waals surface area contributed by atoms with Crippen molar-refractivity contribution < 1.29 is 4.74 Å². The van der Waals surface area contributed by atoms with Crippen LogP contribution in [0.4, 0.5) is 0 Å². The zero-order chi connectivity index (χ0) is 11.2. The summed E-state index contributed by atoms with van der Waals surface area (Å²) in [5, 5.41) is 3.58. The number of rotatable bonds is 5. The highest BCUT2D eigenvalue weighted by molar-refractivity contribution is 5.26. The lowest BCUT2D eigenvalue weighted by atomic mass is 10.1. The Kier molecular flexibility index (Phi) is 4.14. The quantitative estimate of drug-likeness (QED) is 0.766. The summed E-state index contributed by atoms with van der Waals surface area (Å²) in [6.45, 7) is 1.63. The van der Waals surface area contributed by atoms with Crippen molar-refractivity contribution in [1.82, 2.24) is 5.32 Å². The van der Waals surface area contributed by atoms with E-state index in [1.807, 2.05) is 0 Å². The molecule has 0 saturated carbocycles. The first kappa shape index (κ1) is 11.4. The molecule has 0 atom stereocenters. The summed E-state index contributed by atoms with van der Waals surface area (Å²) < 4.78 is 5.20. The van der Waals surface area contributed by atoms with Gasteiger partial charge in [0.05, 0.1) is 6.61 Å². The second-order valence-electron chi connectivity index (χ2n) is 4.22. The van der Waals surface area contributed by atoms with Crippen LogP contribution in [0.1, 0.15) is 24.0 Å². The molecule has 0 aliphatic heterocycles. The van der Waals surface area contributed by atoms with Crippen LogP contribution in [0.15, 0.2) is 36.4 Å². The third kappa shape index (κ3) is 2.94. The first-order valence-electron chi connectivity index (χ1n) is 5.84. The average Bonchev–Trinajstić information content (AvgIpc) is 2.81. The Balaban J connectivity index is 1.92. The topological polar surface area (TPSA) is 21.3 Å². The maximum atomic E-state index is 5.20. The fourth-order valence-electron chi connectivity index (χ4n) is 2.06. The molecule has 0 amide bonds. The van der Waals surface area contributed by atoms with E-state index in [1.165, 1.54) is 11.1 Å². The molecule has 2 rings (SSSR count). The number of nitrogens with one attached hydrogen (secondary N) is 1. The molecule has 0 unspecified atom stereocenters. The Morgan fingerprint density at radius 3 is 2.56 bits per heavy atom. The molecule has 16 heavy (non-hydrogen) atoms. The van der Waals surface area contributed by atoms with E-state index in [-0.39, 0.29) is 0 Å². The molecule has 1 aliphatic rings. The van der Waals surface area contributed by atoms with Gasteiger partial charge in [0.25, 0.3) is 0 Å². The van der Waals surface area contributed by atoms with Gasteiger partial charge in [0.15, 0.2) is 0 Å². The van der Waals surface area contributed by atoms with E-state index in [0.29, 0.717) is 12.6 Å². The second-order valence-corrected chi connectivity index (χ2v) is 4.22. The molecule has 0 aromatic heterocycles. The van der Waals surface area contributed by atoms with E-state index in [1.54, 1.807) is 7.11 Å². The lowest BCUT2D eigenvalue weighted by molar-refractivity contribution is 0.184. The van der Waals surface area contributed by atoms with Gasteiger partial charge >= 0.3 is 0 Å². The molecular weight excluding hydrogens is 198 g/mol. The minimum absolute atomic E-state index is 0.621. The van der Waals surface area contributed by atoms with Crippen molar-refractivity contribution in [1.29, 1.82) is 0 Å². The minimum atomic E-state index is 0.621. The lowest BCUT2D eigenvalue weighted by Gasteiger charge is -2.14. The number of methoxy groups -OCH3 is 1. The minimum Gasteiger partial charge on any atom is -0.380 e. The summed E-state index contributed by atoms with van der Waals surface area (Å²) in [5.41, 5.74) is 2.62. The maximum Gasteiger partial charge on any atom is 0.0716 e. The van der Waals surface area contributed by atoms with Crippen LogP contribution in [0, 0.1) is 0 Å². The molecule has 0 radical (unpaired) electrons. The highest BCUT2D eigenvalue weighted by Crippen LogP contribution is 2.13. The van der Waals surface area contributed by atoms with Crippen LogP contribution in [0.3, 0.4) is 0 Å². The van der Waals surface area contributed by atoms with Crippen LogP contribution >= 0.6 is 0 Å². The number of ether oxygens (including phenoxy) is 1. The number of hydrogen-bond donors (Lipinski definition) is 1. The Morgan fingerprint density at radius 2 is 1.88 bits per heavy atom. The summed E-state index contributed by atoms with van der Waals surface area (Å²) >= 11 is 0. The third-order valence-electron chi connectivity index (χ3n) is 3.01. The highest BCUT2D eigenvalue weighted by atomic mass is 16.5. The van der Waals surface area contributed by atoms with Crippen LogP contribution in [-0.2, 0) is 17.9 Å². The predicted octanol–water partition coefficient (Wildman–Crippen LogP) is 2.64. The normalized spacial score (nSPS) is 15.8. The summed E-state index contributed by atoms with van der Waals surface area (Å²) in [5.74, 6) is 0. The van der Waals surface area contributed by atoms with E-state index in [9.17, 15) is 0 Å². The van der Waals surface area contributed by atoms with E-state index in [2.05, 4.69) is 41.7 Å². The molecule has 0 bridgehead atoms. The van der Waals surface area contributed by atoms with Crippen molar-refractivity contribution in [3.8, 4) is 0 Å². The van der Waals surface area contributed by atoms with Crippen LogP contribution in [0.25, 0.3) is 0 Å². The largest absolute Gasteiger partial charge is 0.380 e. The Labute approximate surface area is 97.3 Å². The second kappa shape index (κ2) is 5.83. The summed E-state index contributed by atoms with van der Waals surface area (Å²) in [6, 6.07) is 9.07. The lowest BCUT2D eigenvalue weighted by Crippen LogP contribution is -2.26. The summed E-state index contributed by atoms with van der Waals surface area (Å²) in [6.07, 6.45) is 6.82. The molecule has 0 fully saturated rings. The van der Waals surface area contributed by atoms with Crippen LogP contribution in [-0.4, -0.2) is 13.2 Å². The predicted molar refractivity (Wildman–Crippen MR) is 66.2 cm³/mol. The fraction of sp³-hybridized carbons (Fsp3) is 0.429. The average molecular weight is 217 g/mol. The molecule has 2 heteroatoms. The molecule has 1 aromatic rings. The van der Waals surface area contributed by atoms with Gasteiger partial charge in [0.1, 0.15) is 0 Å². The molecule has 1 N–H and O–H groups in total.